The van der Waals surface area contributed by atoms with Crippen molar-refractivity contribution in [2.75, 3.05) is 13.4 Å². The van der Waals surface area contributed by atoms with E-state index in [4.69, 9.17) is 16.0 Å². The number of hydrogen-bond donors (Lipinski definition) is 0. The van der Waals surface area contributed by atoms with Crippen LogP contribution in [-0.4, -0.2) is 19.3 Å². The second-order valence-corrected chi connectivity index (χ2v) is 5.13. The number of hydrogen-bond acceptors (Lipinski definition) is 5. The molecule has 1 aromatic heterocycles. The molecular weight excluding hydrogens is 300 g/mol. The standard InChI is InChI=1S/C14H11ClO4S/c1-18-13(16)12-11(20-2)7-10(19-14(12)17)8-4-3-5-9(15)6-8/h3-7H,1-2H3. The molecule has 0 aliphatic rings. The summed E-state index contributed by atoms with van der Waals surface area (Å²) in [6.45, 7) is 0. The molecule has 0 fully saturated rings. The van der Waals surface area contributed by atoms with Crippen LogP contribution in [0.5, 0.6) is 0 Å². The molecule has 104 valence electrons. The lowest BCUT2D eigenvalue weighted by Gasteiger charge is -2.07. The van der Waals surface area contributed by atoms with Crippen molar-refractivity contribution in [2.24, 2.45) is 0 Å². The molecule has 0 unspecified atom stereocenters. The average Bonchev–Trinajstić information content (AvgIpc) is 2.45. The van der Waals surface area contributed by atoms with Crippen molar-refractivity contribution in [3.05, 3.63) is 51.3 Å². The molecule has 0 radical (unpaired) electrons. The van der Waals surface area contributed by atoms with Crippen LogP contribution < -0.4 is 5.63 Å². The Morgan fingerprint density at radius 2 is 2.10 bits per heavy atom. The summed E-state index contributed by atoms with van der Waals surface area (Å²) >= 11 is 7.19. The van der Waals surface area contributed by atoms with Gasteiger partial charge in [0.1, 0.15) is 5.76 Å². The summed E-state index contributed by atoms with van der Waals surface area (Å²) in [6.07, 6.45) is 1.77. The molecule has 20 heavy (non-hydrogen) atoms. The molecule has 0 atom stereocenters. The highest BCUT2D eigenvalue weighted by Gasteiger charge is 2.20. The zero-order chi connectivity index (χ0) is 14.7. The highest BCUT2D eigenvalue weighted by atomic mass is 35.5. The van der Waals surface area contributed by atoms with Crippen LogP contribution in [0, 0.1) is 0 Å². The van der Waals surface area contributed by atoms with E-state index in [2.05, 4.69) is 4.74 Å². The maximum absolute atomic E-state index is 12.0. The number of ether oxygens (including phenoxy) is 1. The molecule has 6 heteroatoms. The first kappa shape index (κ1) is 14.7. The van der Waals surface area contributed by atoms with Gasteiger partial charge in [0.2, 0.25) is 0 Å². The summed E-state index contributed by atoms with van der Waals surface area (Å²) in [5.74, 6) is -0.352. The lowest BCUT2D eigenvalue weighted by atomic mass is 10.1. The molecule has 0 bridgehead atoms. The fraction of sp³-hybridized carbons (Fsp3) is 0.143. The van der Waals surface area contributed by atoms with Gasteiger partial charge in [-0.1, -0.05) is 23.7 Å². The zero-order valence-corrected chi connectivity index (χ0v) is 12.4. The van der Waals surface area contributed by atoms with Crippen LogP contribution in [0.25, 0.3) is 11.3 Å². The van der Waals surface area contributed by atoms with E-state index in [-0.39, 0.29) is 5.56 Å². The Balaban J connectivity index is 2.62. The SMILES string of the molecule is COC(=O)c1c(SC)cc(-c2cccc(Cl)c2)oc1=O. The van der Waals surface area contributed by atoms with Gasteiger partial charge in [0.05, 0.1) is 7.11 Å². The Morgan fingerprint density at radius 1 is 1.35 bits per heavy atom. The van der Waals surface area contributed by atoms with Crippen LogP contribution in [0.15, 0.2) is 44.4 Å². The highest BCUT2D eigenvalue weighted by molar-refractivity contribution is 7.98. The lowest BCUT2D eigenvalue weighted by molar-refractivity contribution is 0.0591. The Bertz CT molecular complexity index is 709. The summed E-state index contributed by atoms with van der Waals surface area (Å²) in [6, 6.07) is 8.56. The van der Waals surface area contributed by atoms with E-state index in [0.29, 0.717) is 21.2 Å². The van der Waals surface area contributed by atoms with Gasteiger partial charge in [-0.05, 0) is 24.5 Å². The zero-order valence-electron chi connectivity index (χ0n) is 10.8. The topological polar surface area (TPSA) is 56.5 Å². The normalized spacial score (nSPS) is 10.3. The van der Waals surface area contributed by atoms with E-state index < -0.39 is 11.6 Å². The molecule has 1 aromatic carbocycles. The Hall–Kier alpha value is -1.72. The average molecular weight is 311 g/mol. The van der Waals surface area contributed by atoms with Crippen molar-refractivity contribution in [2.45, 2.75) is 4.90 Å². The first-order chi connectivity index (χ1) is 9.56. The van der Waals surface area contributed by atoms with E-state index >= 15 is 0 Å². The monoisotopic (exact) mass is 310 g/mol. The third kappa shape index (κ3) is 2.89. The Kier molecular flexibility index (Phi) is 4.52. The van der Waals surface area contributed by atoms with Gasteiger partial charge in [-0.15, -0.1) is 11.8 Å². The van der Waals surface area contributed by atoms with Gasteiger partial charge in [-0.3, -0.25) is 0 Å². The van der Waals surface area contributed by atoms with Gasteiger partial charge >= 0.3 is 11.6 Å². The molecule has 0 saturated heterocycles. The van der Waals surface area contributed by atoms with Gasteiger partial charge in [0.25, 0.3) is 0 Å². The number of methoxy groups -OCH3 is 1. The van der Waals surface area contributed by atoms with Crippen molar-refractivity contribution in [1.29, 1.82) is 0 Å². The van der Waals surface area contributed by atoms with Crippen LogP contribution in [0.1, 0.15) is 10.4 Å². The summed E-state index contributed by atoms with van der Waals surface area (Å²) < 4.78 is 9.78. The van der Waals surface area contributed by atoms with Gasteiger partial charge in [-0.25, -0.2) is 9.59 Å². The minimum absolute atomic E-state index is 0.0919. The summed E-state index contributed by atoms with van der Waals surface area (Å²) in [5, 5.41) is 0.535. The third-order valence-electron chi connectivity index (χ3n) is 2.63. The highest BCUT2D eigenvalue weighted by Crippen LogP contribution is 2.27. The van der Waals surface area contributed by atoms with Crippen LogP contribution in [0.2, 0.25) is 5.02 Å². The van der Waals surface area contributed by atoms with Gasteiger partial charge in [0, 0.05) is 15.5 Å². The van der Waals surface area contributed by atoms with E-state index in [9.17, 15) is 9.59 Å². The second-order valence-electron chi connectivity index (χ2n) is 3.84. The molecule has 0 N–H and O–H groups in total. The number of esters is 1. The van der Waals surface area contributed by atoms with Crippen molar-refractivity contribution in [3.63, 3.8) is 0 Å². The largest absolute Gasteiger partial charge is 0.465 e. The molecule has 0 amide bonds. The molecule has 4 nitrogen and oxygen atoms in total. The predicted octanol–water partition coefficient (Wildman–Crippen LogP) is 3.47. The molecule has 0 saturated carbocycles. The minimum Gasteiger partial charge on any atom is -0.465 e. The minimum atomic E-state index is -0.723. The smallest absolute Gasteiger partial charge is 0.352 e. The molecule has 0 aliphatic carbocycles. The number of rotatable bonds is 3. The van der Waals surface area contributed by atoms with Crippen LogP contribution in [0.3, 0.4) is 0 Å². The number of carbonyl (C=O) groups is 1. The van der Waals surface area contributed by atoms with Gasteiger partial charge < -0.3 is 9.15 Å². The van der Waals surface area contributed by atoms with Crippen molar-refractivity contribution in [3.8, 4) is 11.3 Å². The fourth-order valence-corrected chi connectivity index (χ4v) is 2.49. The lowest BCUT2D eigenvalue weighted by Crippen LogP contribution is -2.17. The van der Waals surface area contributed by atoms with Crippen molar-refractivity contribution in [1.82, 2.24) is 0 Å². The first-order valence-corrected chi connectivity index (χ1v) is 7.23. The molecule has 0 aliphatic heterocycles. The molecule has 1 heterocycles. The van der Waals surface area contributed by atoms with Crippen molar-refractivity contribution >= 4 is 29.3 Å². The fourth-order valence-electron chi connectivity index (χ4n) is 1.70. The van der Waals surface area contributed by atoms with E-state index in [1.54, 1.807) is 36.6 Å². The second kappa shape index (κ2) is 6.15. The summed E-state index contributed by atoms with van der Waals surface area (Å²) in [7, 11) is 1.22. The first-order valence-electron chi connectivity index (χ1n) is 5.63. The van der Waals surface area contributed by atoms with Crippen LogP contribution in [0.4, 0.5) is 0 Å². The van der Waals surface area contributed by atoms with Gasteiger partial charge in [0.15, 0.2) is 5.56 Å². The van der Waals surface area contributed by atoms with Crippen LogP contribution in [-0.2, 0) is 4.74 Å². The Labute approximate surface area is 124 Å². The third-order valence-corrected chi connectivity index (χ3v) is 3.63. The quantitative estimate of drug-likeness (QED) is 0.642. The maximum Gasteiger partial charge on any atom is 0.352 e. The predicted molar refractivity (Wildman–Crippen MR) is 78.5 cm³/mol. The number of benzene rings is 1. The number of carbonyl (C=O) groups excluding carboxylic acids is 1. The molecule has 0 spiro atoms. The summed E-state index contributed by atoms with van der Waals surface area (Å²) in [4.78, 5) is 24.1. The number of halogens is 1. The number of thioether (sulfide) groups is 1. The van der Waals surface area contributed by atoms with E-state index in [0.717, 1.165) is 0 Å². The van der Waals surface area contributed by atoms with Crippen LogP contribution >= 0.6 is 23.4 Å². The van der Waals surface area contributed by atoms with E-state index in [1.807, 2.05) is 0 Å². The molecule has 2 aromatic rings. The van der Waals surface area contributed by atoms with Crippen molar-refractivity contribution < 1.29 is 13.9 Å². The maximum atomic E-state index is 12.0. The molecule has 2 rings (SSSR count). The van der Waals surface area contributed by atoms with E-state index in [1.165, 1.54) is 18.9 Å². The summed E-state index contributed by atoms with van der Waals surface area (Å²) in [5.41, 5.74) is -0.147. The van der Waals surface area contributed by atoms with Gasteiger partial charge in [-0.2, -0.15) is 0 Å². The molecular formula is C14H11ClO4S. The Morgan fingerprint density at radius 3 is 2.70 bits per heavy atom.